The number of nitrogens with one attached hydrogen (secondary N) is 1. The standard InChI is InChI=1S/C17H13ClFNO2/c1-11(21)13-4-2-3-5-16(13)20-17(22)9-7-12-6-8-15(19)14(18)10-12/h2-10H,1H3,(H,20,22)/b9-7+. The molecule has 0 saturated carbocycles. The molecule has 0 aliphatic carbocycles. The molecule has 0 unspecified atom stereocenters. The Labute approximate surface area is 132 Å². The second-order valence-electron chi connectivity index (χ2n) is 4.60. The van der Waals surface area contributed by atoms with E-state index in [9.17, 15) is 14.0 Å². The van der Waals surface area contributed by atoms with Crippen LogP contribution < -0.4 is 5.32 Å². The number of amides is 1. The predicted octanol–water partition coefficient (Wildman–Crippen LogP) is 4.33. The Bertz CT molecular complexity index is 756. The van der Waals surface area contributed by atoms with Crippen molar-refractivity contribution >= 4 is 35.1 Å². The van der Waals surface area contributed by atoms with E-state index in [4.69, 9.17) is 11.6 Å². The third kappa shape index (κ3) is 4.02. The van der Waals surface area contributed by atoms with Crippen molar-refractivity contribution in [1.29, 1.82) is 0 Å². The molecule has 0 atom stereocenters. The molecule has 0 fully saturated rings. The van der Waals surface area contributed by atoms with Gasteiger partial charge in [0.05, 0.1) is 10.7 Å². The predicted molar refractivity (Wildman–Crippen MR) is 85.5 cm³/mol. The second-order valence-corrected chi connectivity index (χ2v) is 5.01. The molecule has 3 nitrogen and oxygen atoms in total. The molecule has 5 heteroatoms. The number of rotatable bonds is 4. The minimum Gasteiger partial charge on any atom is -0.322 e. The molecular weight excluding hydrogens is 305 g/mol. The number of ketones is 1. The molecule has 0 aliphatic heterocycles. The highest BCUT2D eigenvalue weighted by Crippen LogP contribution is 2.18. The molecule has 0 saturated heterocycles. The van der Waals surface area contributed by atoms with Crippen LogP contribution >= 0.6 is 11.6 Å². The summed E-state index contributed by atoms with van der Waals surface area (Å²) in [5.41, 5.74) is 1.48. The highest BCUT2D eigenvalue weighted by Gasteiger charge is 2.07. The van der Waals surface area contributed by atoms with E-state index >= 15 is 0 Å². The topological polar surface area (TPSA) is 46.2 Å². The van der Waals surface area contributed by atoms with Gasteiger partial charge in [-0.25, -0.2) is 4.39 Å². The lowest BCUT2D eigenvalue weighted by Crippen LogP contribution is -2.11. The van der Waals surface area contributed by atoms with E-state index in [0.29, 0.717) is 16.8 Å². The first-order valence-electron chi connectivity index (χ1n) is 6.51. The van der Waals surface area contributed by atoms with E-state index in [-0.39, 0.29) is 10.8 Å². The highest BCUT2D eigenvalue weighted by molar-refractivity contribution is 6.30. The van der Waals surface area contributed by atoms with E-state index in [0.717, 1.165) is 0 Å². The van der Waals surface area contributed by atoms with E-state index < -0.39 is 11.7 Å². The van der Waals surface area contributed by atoms with Gasteiger partial charge in [0, 0.05) is 11.6 Å². The average molecular weight is 318 g/mol. The maximum Gasteiger partial charge on any atom is 0.248 e. The molecule has 0 spiro atoms. The molecule has 1 amide bonds. The van der Waals surface area contributed by atoms with E-state index in [2.05, 4.69) is 5.32 Å². The minimum atomic E-state index is -0.515. The average Bonchev–Trinajstić information content (AvgIpc) is 2.49. The Hall–Kier alpha value is -2.46. The largest absolute Gasteiger partial charge is 0.322 e. The Morgan fingerprint density at radius 2 is 1.91 bits per heavy atom. The van der Waals surface area contributed by atoms with Crippen molar-refractivity contribution in [3.8, 4) is 0 Å². The van der Waals surface area contributed by atoms with Crippen LogP contribution in [-0.4, -0.2) is 11.7 Å². The monoisotopic (exact) mass is 317 g/mol. The van der Waals surface area contributed by atoms with Crippen molar-refractivity contribution in [2.24, 2.45) is 0 Å². The molecule has 2 aromatic rings. The van der Waals surface area contributed by atoms with Crippen LogP contribution in [0, 0.1) is 5.82 Å². The summed E-state index contributed by atoms with van der Waals surface area (Å²) in [5, 5.41) is 2.62. The van der Waals surface area contributed by atoms with Gasteiger partial charge in [-0.2, -0.15) is 0 Å². The highest BCUT2D eigenvalue weighted by atomic mass is 35.5. The molecule has 2 aromatic carbocycles. The Kier molecular flexibility index (Phi) is 5.07. The molecule has 2 rings (SSSR count). The van der Waals surface area contributed by atoms with Gasteiger partial charge in [-0.15, -0.1) is 0 Å². The Morgan fingerprint density at radius 1 is 1.18 bits per heavy atom. The zero-order chi connectivity index (χ0) is 16.1. The SMILES string of the molecule is CC(=O)c1ccccc1NC(=O)/C=C/c1ccc(F)c(Cl)c1. The van der Waals surface area contributed by atoms with Crippen molar-refractivity contribution in [2.45, 2.75) is 6.92 Å². The summed E-state index contributed by atoms with van der Waals surface area (Å²) < 4.78 is 13.0. The number of halogens is 2. The molecule has 0 heterocycles. The summed E-state index contributed by atoms with van der Waals surface area (Å²) in [5.74, 6) is -1.04. The number of para-hydroxylation sites is 1. The quantitative estimate of drug-likeness (QED) is 0.673. The van der Waals surface area contributed by atoms with Gasteiger partial charge in [0.25, 0.3) is 0 Å². The fraction of sp³-hybridized carbons (Fsp3) is 0.0588. The van der Waals surface area contributed by atoms with Gasteiger partial charge in [-0.05, 0) is 42.8 Å². The number of hydrogen-bond acceptors (Lipinski definition) is 2. The van der Waals surface area contributed by atoms with E-state index in [1.165, 1.54) is 37.3 Å². The fourth-order valence-corrected chi connectivity index (χ4v) is 2.05. The first-order chi connectivity index (χ1) is 10.5. The van der Waals surface area contributed by atoms with Gasteiger partial charge < -0.3 is 5.32 Å². The number of benzene rings is 2. The molecule has 0 radical (unpaired) electrons. The second kappa shape index (κ2) is 7.00. The van der Waals surface area contributed by atoms with Crippen molar-refractivity contribution in [3.63, 3.8) is 0 Å². The van der Waals surface area contributed by atoms with Crippen LogP contribution in [0.5, 0.6) is 0 Å². The summed E-state index contributed by atoms with van der Waals surface area (Å²) in [7, 11) is 0. The lowest BCUT2D eigenvalue weighted by molar-refractivity contribution is -0.111. The van der Waals surface area contributed by atoms with Gasteiger partial charge >= 0.3 is 0 Å². The van der Waals surface area contributed by atoms with Crippen LogP contribution in [0.25, 0.3) is 6.08 Å². The van der Waals surface area contributed by atoms with Gasteiger partial charge in [0.15, 0.2) is 5.78 Å². The van der Waals surface area contributed by atoms with Crippen molar-refractivity contribution < 1.29 is 14.0 Å². The van der Waals surface area contributed by atoms with Gasteiger partial charge in [-0.3, -0.25) is 9.59 Å². The van der Waals surface area contributed by atoms with Crippen LogP contribution in [0.3, 0.4) is 0 Å². The molecule has 1 N–H and O–H groups in total. The molecule has 22 heavy (non-hydrogen) atoms. The third-order valence-corrected chi connectivity index (χ3v) is 3.22. The summed E-state index contributed by atoms with van der Waals surface area (Å²) in [6.07, 6.45) is 2.80. The Balaban J connectivity index is 2.11. The van der Waals surface area contributed by atoms with Gasteiger partial charge in [0.1, 0.15) is 5.82 Å². The van der Waals surface area contributed by atoms with Crippen molar-refractivity contribution in [3.05, 3.63) is 70.5 Å². The lowest BCUT2D eigenvalue weighted by Gasteiger charge is -2.06. The molecule has 0 aromatic heterocycles. The first-order valence-corrected chi connectivity index (χ1v) is 6.89. The Morgan fingerprint density at radius 3 is 2.59 bits per heavy atom. The molecule has 0 bridgehead atoms. The number of carbonyl (C=O) groups excluding carboxylic acids is 2. The van der Waals surface area contributed by atoms with E-state index in [1.807, 2.05) is 0 Å². The maximum absolute atomic E-state index is 13.0. The summed E-state index contributed by atoms with van der Waals surface area (Å²) in [6, 6.07) is 10.9. The zero-order valence-electron chi connectivity index (χ0n) is 11.8. The lowest BCUT2D eigenvalue weighted by atomic mass is 10.1. The van der Waals surface area contributed by atoms with Gasteiger partial charge in [-0.1, -0.05) is 29.8 Å². The number of anilines is 1. The number of hydrogen-bond donors (Lipinski definition) is 1. The van der Waals surface area contributed by atoms with Crippen LogP contribution in [-0.2, 0) is 4.79 Å². The number of Topliss-reactive ketones (excluding diaryl/α,β-unsaturated/α-hetero) is 1. The van der Waals surface area contributed by atoms with Gasteiger partial charge in [0.2, 0.25) is 5.91 Å². The maximum atomic E-state index is 13.0. The summed E-state index contributed by atoms with van der Waals surface area (Å²) in [4.78, 5) is 23.4. The van der Waals surface area contributed by atoms with Crippen LogP contribution in [0.15, 0.2) is 48.5 Å². The normalized spacial score (nSPS) is 10.7. The minimum absolute atomic E-state index is 0.00974. The fourth-order valence-electron chi connectivity index (χ4n) is 1.86. The zero-order valence-corrected chi connectivity index (χ0v) is 12.5. The smallest absolute Gasteiger partial charge is 0.248 e. The molecular formula is C17H13ClFNO2. The van der Waals surface area contributed by atoms with Crippen LogP contribution in [0.4, 0.5) is 10.1 Å². The van der Waals surface area contributed by atoms with E-state index in [1.54, 1.807) is 24.3 Å². The molecule has 0 aliphatic rings. The molecule has 112 valence electrons. The van der Waals surface area contributed by atoms with Crippen LogP contribution in [0.1, 0.15) is 22.8 Å². The summed E-state index contributed by atoms with van der Waals surface area (Å²) in [6.45, 7) is 1.43. The first kappa shape index (κ1) is 15.9. The summed E-state index contributed by atoms with van der Waals surface area (Å²) >= 11 is 5.67. The van der Waals surface area contributed by atoms with Crippen molar-refractivity contribution in [1.82, 2.24) is 0 Å². The third-order valence-electron chi connectivity index (χ3n) is 2.94. The number of carbonyl (C=O) groups is 2. The van der Waals surface area contributed by atoms with Crippen molar-refractivity contribution in [2.75, 3.05) is 5.32 Å². The van der Waals surface area contributed by atoms with Crippen LogP contribution in [0.2, 0.25) is 5.02 Å².